The van der Waals surface area contributed by atoms with Crippen LogP contribution in [-0.2, 0) is 4.79 Å². The van der Waals surface area contributed by atoms with Crippen molar-refractivity contribution in [2.75, 3.05) is 6.54 Å². The van der Waals surface area contributed by atoms with Crippen molar-refractivity contribution in [2.24, 2.45) is 0 Å². The van der Waals surface area contributed by atoms with Gasteiger partial charge in [0.25, 0.3) is 0 Å². The van der Waals surface area contributed by atoms with Crippen LogP contribution in [0.25, 0.3) is 0 Å². The van der Waals surface area contributed by atoms with Crippen molar-refractivity contribution in [1.29, 1.82) is 0 Å². The normalized spacial score (nSPS) is 17.4. The van der Waals surface area contributed by atoms with Gasteiger partial charge >= 0.3 is 0 Å². The number of carbonyl (C=O) groups excluding carboxylic acids is 1. The monoisotopic (exact) mass is 193 g/mol. The second kappa shape index (κ2) is 5.63. The van der Waals surface area contributed by atoms with Crippen molar-refractivity contribution in [1.82, 2.24) is 4.90 Å². The van der Waals surface area contributed by atoms with Gasteiger partial charge in [-0.15, -0.1) is 6.58 Å². The number of carbonyl (C=O) groups is 1. The van der Waals surface area contributed by atoms with Crippen LogP contribution in [0.15, 0.2) is 25.3 Å². The molecule has 0 spiro atoms. The Bertz CT molecular complexity index is 216. The Morgan fingerprint density at radius 1 is 1.29 bits per heavy atom. The van der Waals surface area contributed by atoms with E-state index in [0.29, 0.717) is 12.6 Å². The van der Waals surface area contributed by atoms with Gasteiger partial charge in [0.05, 0.1) is 0 Å². The van der Waals surface area contributed by atoms with Crippen molar-refractivity contribution >= 4 is 5.91 Å². The minimum atomic E-state index is 0.0387. The van der Waals surface area contributed by atoms with Gasteiger partial charge in [0, 0.05) is 12.6 Å². The van der Waals surface area contributed by atoms with Crippen LogP contribution in [0.2, 0.25) is 0 Å². The Kier molecular flexibility index (Phi) is 4.44. The molecule has 0 aromatic heterocycles. The van der Waals surface area contributed by atoms with E-state index in [4.69, 9.17) is 0 Å². The third kappa shape index (κ3) is 2.72. The second-order valence-corrected chi connectivity index (χ2v) is 3.78. The Balaban J connectivity index is 2.59. The number of hydrogen-bond donors (Lipinski definition) is 0. The highest BCUT2D eigenvalue weighted by molar-refractivity contribution is 5.87. The molecule has 0 aromatic carbocycles. The van der Waals surface area contributed by atoms with Gasteiger partial charge in [0.1, 0.15) is 0 Å². The standard InChI is InChI=1S/C12H19NO/c1-3-10-13(12(14)4-2)11-8-6-5-7-9-11/h3-4,11H,1-2,5-10H2. The van der Waals surface area contributed by atoms with E-state index in [1.54, 1.807) is 6.08 Å². The molecule has 1 aliphatic rings. The zero-order valence-electron chi connectivity index (χ0n) is 8.74. The SMILES string of the molecule is C=CCN(C(=O)C=C)C1CCCCC1. The maximum atomic E-state index is 11.6. The number of amides is 1. The lowest BCUT2D eigenvalue weighted by Crippen LogP contribution is -2.40. The molecule has 1 aliphatic carbocycles. The zero-order valence-corrected chi connectivity index (χ0v) is 8.74. The van der Waals surface area contributed by atoms with E-state index in [2.05, 4.69) is 13.2 Å². The molecule has 2 nitrogen and oxygen atoms in total. The predicted octanol–water partition coefficient (Wildman–Crippen LogP) is 2.52. The minimum Gasteiger partial charge on any atom is -0.332 e. The van der Waals surface area contributed by atoms with Gasteiger partial charge in [-0.2, -0.15) is 0 Å². The fourth-order valence-corrected chi connectivity index (χ4v) is 2.07. The fraction of sp³-hybridized carbons (Fsp3) is 0.583. The number of rotatable bonds is 4. The molecule has 0 aromatic rings. The highest BCUT2D eigenvalue weighted by atomic mass is 16.2. The molecule has 0 bridgehead atoms. The summed E-state index contributed by atoms with van der Waals surface area (Å²) in [5.41, 5.74) is 0. The lowest BCUT2D eigenvalue weighted by atomic mass is 9.94. The van der Waals surface area contributed by atoms with Gasteiger partial charge in [-0.1, -0.05) is 31.9 Å². The third-order valence-corrected chi connectivity index (χ3v) is 2.80. The van der Waals surface area contributed by atoms with Gasteiger partial charge in [0.2, 0.25) is 5.91 Å². The lowest BCUT2D eigenvalue weighted by molar-refractivity contribution is -0.128. The van der Waals surface area contributed by atoms with Crippen molar-refractivity contribution in [3.8, 4) is 0 Å². The highest BCUT2D eigenvalue weighted by Gasteiger charge is 2.22. The lowest BCUT2D eigenvalue weighted by Gasteiger charge is -2.32. The van der Waals surface area contributed by atoms with E-state index in [0.717, 1.165) is 12.8 Å². The number of nitrogens with zero attached hydrogens (tertiary/aromatic N) is 1. The molecular weight excluding hydrogens is 174 g/mol. The maximum absolute atomic E-state index is 11.6. The molecule has 0 heterocycles. The van der Waals surface area contributed by atoms with E-state index < -0.39 is 0 Å². The van der Waals surface area contributed by atoms with Crippen LogP contribution >= 0.6 is 0 Å². The summed E-state index contributed by atoms with van der Waals surface area (Å²) in [6.07, 6.45) is 9.24. The molecule has 2 heteroatoms. The Morgan fingerprint density at radius 3 is 2.43 bits per heavy atom. The average molecular weight is 193 g/mol. The first-order valence-corrected chi connectivity index (χ1v) is 5.33. The fourth-order valence-electron chi connectivity index (χ4n) is 2.07. The smallest absolute Gasteiger partial charge is 0.246 e. The van der Waals surface area contributed by atoms with Crippen LogP contribution in [0.4, 0.5) is 0 Å². The predicted molar refractivity (Wildman–Crippen MR) is 59.0 cm³/mol. The molecule has 0 radical (unpaired) electrons. The maximum Gasteiger partial charge on any atom is 0.246 e. The molecule has 0 atom stereocenters. The molecule has 0 aliphatic heterocycles. The molecule has 1 amide bonds. The Morgan fingerprint density at radius 2 is 1.93 bits per heavy atom. The quantitative estimate of drug-likeness (QED) is 0.496. The summed E-state index contributed by atoms with van der Waals surface area (Å²) in [6.45, 7) is 7.87. The summed E-state index contributed by atoms with van der Waals surface area (Å²) < 4.78 is 0. The molecular formula is C12H19NO. The van der Waals surface area contributed by atoms with Crippen LogP contribution in [0, 0.1) is 0 Å². The van der Waals surface area contributed by atoms with E-state index in [1.165, 1.54) is 25.3 Å². The average Bonchev–Trinajstić information content (AvgIpc) is 2.26. The van der Waals surface area contributed by atoms with Crippen LogP contribution in [-0.4, -0.2) is 23.4 Å². The van der Waals surface area contributed by atoms with Crippen molar-refractivity contribution in [3.05, 3.63) is 25.3 Å². The molecule has 78 valence electrons. The van der Waals surface area contributed by atoms with Crippen molar-refractivity contribution in [3.63, 3.8) is 0 Å². The molecule has 1 fully saturated rings. The molecule has 1 rings (SSSR count). The van der Waals surface area contributed by atoms with Gasteiger partial charge in [-0.05, 0) is 18.9 Å². The van der Waals surface area contributed by atoms with Gasteiger partial charge in [-0.25, -0.2) is 0 Å². The van der Waals surface area contributed by atoms with Crippen LogP contribution in [0.1, 0.15) is 32.1 Å². The Labute approximate surface area is 86.3 Å². The van der Waals surface area contributed by atoms with Gasteiger partial charge in [-0.3, -0.25) is 4.79 Å². The van der Waals surface area contributed by atoms with Gasteiger partial charge in [0.15, 0.2) is 0 Å². The first-order chi connectivity index (χ1) is 6.79. The largest absolute Gasteiger partial charge is 0.332 e. The van der Waals surface area contributed by atoms with Gasteiger partial charge < -0.3 is 4.90 Å². The van der Waals surface area contributed by atoms with Crippen molar-refractivity contribution in [2.45, 2.75) is 38.1 Å². The minimum absolute atomic E-state index is 0.0387. The summed E-state index contributed by atoms with van der Waals surface area (Å²) in [7, 11) is 0. The summed E-state index contributed by atoms with van der Waals surface area (Å²) >= 11 is 0. The van der Waals surface area contributed by atoms with E-state index in [1.807, 2.05) is 4.90 Å². The first-order valence-electron chi connectivity index (χ1n) is 5.33. The highest BCUT2D eigenvalue weighted by Crippen LogP contribution is 2.22. The molecule has 1 saturated carbocycles. The summed E-state index contributed by atoms with van der Waals surface area (Å²) in [4.78, 5) is 13.4. The summed E-state index contributed by atoms with van der Waals surface area (Å²) in [5.74, 6) is 0.0387. The van der Waals surface area contributed by atoms with Crippen LogP contribution in [0.5, 0.6) is 0 Å². The number of hydrogen-bond acceptors (Lipinski definition) is 1. The first kappa shape index (κ1) is 11.0. The Hall–Kier alpha value is -1.05. The van der Waals surface area contributed by atoms with Crippen LogP contribution < -0.4 is 0 Å². The van der Waals surface area contributed by atoms with E-state index in [9.17, 15) is 4.79 Å². The van der Waals surface area contributed by atoms with E-state index >= 15 is 0 Å². The topological polar surface area (TPSA) is 20.3 Å². The van der Waals surface area contributed by atoms with E-state index in [-0.39, 0.29) is 5.91 Å². The second-order valence-electron chi connectivity index (χ2n) is 3.78. The molecule has 14 heavy (non-hydrogen) atoms. The van der Waals surface area contributed by atoms with Crippen molar-refractivity contribution < 1.29 is 4.79 Å². The molecule has 0 unspecified atom stereocenters. The zero-order chi connectivity index (χ0) is 10.4. The molecule has 0 N–H and O–H groups in total. The third-order valence-electron chi connectivity index (χ3n) is 2.80. The molecule has 0 saturated heterocycles. The summed E-state index contributed by atoms with van der Waals surface area (Å²) in [6, 6.07) is 0.409. The van der Waals surface area contributed by atoms with Crippen LogP contribution in [0.3, 0.4) is 0 Å². The summed E-state index contributed by atoms with van der Waals surface area (Å²) in [5, 5.41) is 0.